The summed E-state index contributed by atoms with van der Waals surface area (Å²) in [6.45, 7) is 9.63. The molecule has 1 atom stereocenters. The van der Waals surface area contributed by atoms with Crippen LogP contribution in [0, 0.1) is 0 Å². The van der Waals surface area contributed by atoms with Gasteiger partial charge in [-0.25, -0.2) is 0 Å². The van der Waals surface area contributed by atoms with Crippen molar-refractivity contribution < 1.29 is 4.74 Å². The lowest BCUT2D eigenvalue weighted by Crippen LogP contribution is -2.52. The van der Waals surface area contributed by atoms with E-state index in [0.29, 0.717) is 12.1 Å². The molecule has 0 amide bonds. The summed E-state index contributed by atoms with van der Waals surface area (Å²) < 4.78 is 5.93. The first-order chi connectivity index (χ1) is 8.70. The van der Waals surface area contributed by atoms with Crippen LogP contribution in [0.25, 0.3) is 0 Å². The van der Waals surface area contributed by atoms with Crippen molar-refractivity contribution in [3.63, 3.8) is 0 Å². The van der Waals surface area contributed by atoms with Crippen LogP contribution in [0.2, 0.25) is 0 Å². The van der Waals surface area contributed by atoms with Crippen LogP contribution in [-0.4, -0.2) is 66.7 Å². The Bertz CT molecular complexity index is 246. The van der Waals surface area contributed by atoms with Crippen molar-refractivity contribution in [2.45, 2.75) is 51.3 Å². The molecule has 0 aromatic heterocycles. The van der Waals surface area contributed by atoms with Gasteiger partial charge in [0.1, 0.15) is 0 Å². The molecule has 0 radical (unpaired) electrons. The Morgan fingerprint density at radius 2 is 2.17 bits per heavy atom. The molecule has 2 aliphatic rings. The second-order valence-corrected chi connectivity index (χ2v) is 6.23. The Labute approximate surface area is 116 Å². The highest BCUT2D eigenvalue weighted by Gasteiger charge is 2.29. The lowest BCUT2D eigenvalue weighted by Gasteiger charge is -2.42. The first-order valence-electron chi connectivity index (χ1n) is 7.36. The maximum absolute atomic E-state index is 5.93. The number of rotatable bonds is 6. The van der Waals surface area contributed by atoms with Crippen molar-refractivity contribution in [3.8, 4) is 0 Å². The summed E-state index contributed by atoms with van der Waals surface area (Å²) in [5, 5.41) is 0. The van der Waals surface area contributed by atoms with Crippen LogP contribution in [0.3, 0.4) is 0 Å². The molecule has 1 unspecified atom stereocenters. The van der Waals surface area contributed by atoms with Gasteiger partial charge in [0.05, 0.1) is 12.7 Å². The van der Waals surface area contributed by atoms with Crippen LogP contribution >= 0.6 is 11.6 Å². The second-order valence-electron chi connectivity index (χ2n) is 5.85. The zero-order valence-corrected chi connectivity index (χ0v) is 12.5. The van der Waals surface area contributed by atoms with E-state index in [1.54, 1.807) is 0 Å². The minimum Gasteiger partial charge on any atom is -0.374 e. The standard InChI is InChI=1S/C14H27ClN2O/c1-12(2)16-8-9-18-14(10-16)11-17(7-6-15)13-4-3-5-13/h12-14H,3-11H2,1-2H3. The summed E-state index contributed by atoms with van der Waals surface area (Å²) in [5.74, 6) is 0.733. The molecule has 3 nitrogen and oxygen atoms in total. The Hall–Kier alpha value is 0.170. The fourth-order valence-corrected chi connectivity index (χ4v) is 3.08. The first kappa shape index (κ1) is 14.6. The highest BCUT2D eigenvalue weighted by atomic mass is 35.5. The van der Waals surface area contributed by atoms with E-state index < -0.39 is 0 Å². The Kier molecular flexibility index (Phi) is 5.74. The molecule has 18 heavy (non-hydrogen) atoms. The molecule has 1 saturated heterocycles. The average Bonchev–Trinajstić information content (AvgIpc) is 2.27. The topological polar surface area (TPSA) is 15.7 Å². The number of alkyl halides is 1. The van der Waals surface area contributed by atoms with Crippen molar-refractivity contribution in [2.75, 3.05) is 38.7 Å². The number of morpholine rings is 1. The third-order valence-electron chi connectivity index (χ3n) is 4.30. The molecular weight excluding hydrogens is 248 g/mol. The lowest BCUT2D eigenvalue weighted by atomic mass is 9.91. The Morgan fingerprint density at radius 1 is 1.39 bits per heavy atom. The monoisotopic (exact) mass is 274 g/mol. The second kappa shape index (κ2) is 7.09. The zero-order valence-electron chi connectivity index (χ0n) is 11.8. The highest BCUT2D eigenvalue weighted by Crippen LogP contribution is 2.25. The van der Waals surface area contributed by atoms with E-state index in [4.69, 9.17) is 16.3 Å². The predicted octanol–water partition coefficient (Wildman–Crippen LogP) is 2.19. The summed E-state index contributed by atoms with van der Waals surface area (Å²) in [7, 11) is 0. The summed E-state index contributed by atoms with van der Waals surface area (Å²) in [5.41, 5.74) is 0. The smallest absolute Gasteiger partial charge is 0.0829 e. The van der Waals surface area contributed by atoms with Gasteiger partial charge in [0.2, 0.25) is 0 Å². The highest BCUT2D eigenvalue weighted by molar-refractivity contribution is 6.18. The molecule has 0 bridgehead atoms. The van der Waals surface area contributed by atoms with E-state index in [1.165, 1.54) is 19.3 Å². The van der Waals surface area contributed by atoms with E-state index in [0.717, 1.165) is 44.7 Å². The molecule has 0 aromatic carbocycles. The van der Waals surface area contributed by atoms with Gasteiger partial charge in [0.25, 0.3) is 0 Å². The van der Waals surface area contributed by atoms with Gasteiger partial charge < -0.3 is 4.74 Å². The molecule has 0 N–H and O–H groups in total. The zero-order chi connectivity index (χ0) is 13.0. The third kappa shape index (κ3) is 3.83. The molecule has 1 aliphatic heterocycles. The summed E-state index contributed by atoms with van der Waals surface area (Å²) in [4.78, 5) is 5.07. The molecule has 106 valence electrons. The minimum atomic E-state index is 0.366. The molecular formula is C14H27ClN2O. The molecule has 4 heteroatoms. The van der Waals surface area contributed by atoms with Gasteiger partial charge in [0.15, 0.2) is 0 Å². The van der Waals surface area contributed by atoms with Crippen molar-refractivity contribution in [3.05, 3.63) is 0 Å². The number of nitrogens with zero attached hydrogens (tertiary/aromatic N) is 2. The fraction of sp³-hybridized carbons (Fsp3) is 1.00. The van der Waals surface area contributed by atoms with Crippen LogP contribution in [0.5, 0.6) is 0 Å². The molecule has 1 heterocycles. The lowest BCUT2D eigenvalue weighted by molar-refractivity contribution is -0.0603. The van der Waals surface area contributed by atoms with Gasteiger partial charge in [0, 0.05) is 44.1 Å². The van der Waals surface area contributed by atoms with Crippen molar-refractivity contribution in [2.24, 2.45) is 0 Å². The quantitative estimate of drug-likeness (QED) is 0.691. The van der Waals surface area contributed by atoms with Crippen LogP contribution in [-0.2, 0) is 4.74 Å². The summed E-state index contributed by atoms with van der Waals surface area (Å²) >= 11 is 5.93. The molecule has 2 rings (SSSR count). The normalized spacial score (nSPS) is 26.8. The number of halogens is 1. The summed E-state index contributed by atoms with van der Waals surface area (Å²) in [6.07, 6.45) is 4.44. The third-order valence-corrected chi connectivity index (χ3v) is 4.47. The van der Waals surface area contributed by atoms with E-state index in [1.807, 2.05) is 0 Å². The van der Waals surface area contributed by atoms with E-state index in [-0.39, 0.29) is 0 Å². The maximum Gasteiger partial charge on any atom is 0.0829 e. The minimum absolute atomic E-state index is 0.366. The van der Waals surface area contributed by atoms with E-state index >= 15 is 0 Å². The molecule has 2 fully saturated rings. The Morgan fingerprint density at radius 3 is 2.72 bits per heavy atom. The number of hydrogen-bond acceptors (Lipinski definition) is 3. The van der Waals surface area contributed by atoms with Crippen LogP contribution in [0.4, 0.5) is 0 Å². The summed E-state index contributed by atoms with van der Waals surface area (Å²) in [6, 6.07) is 1.39. The predicted molar refractivity (Wildman–Crippen MR) is 76.4 cm³/mol. The first-order valence-corrected chi connectivity index (χ1v) is 7.90. The molecule has 1 aliphatic carbocycles. The average molecular weight is 275 g/mol. The van der Waals surface area contributed by atoms with Gasteiger partial charge in [-0.3, -0.25) is 9.80 Å². The van der Waals surface area contributed by atoms with Gasteiger partial charge in [-0.05, 0) is 26.7 Å². The van der Waals surface area contributed by atoms with Crippen molar-refractivity contribution in [1.29, 1.82) is 0 Å². The van der Waals surface area contributed by atoms with Crippen molar-refractivity contribution in [1.82, 2.24) is 9.80 Å². The maximum atomic E-state index is 5.93. The largest absolute Gasteiger partial charge is 0.374 e. The van der Waals surface area contributed by atoms with Crippen molar-refractivity contribution >= 4 is 11.6 Å². The molecule has 0 aromatic rings. The SMILES string of the molecule is CC(C)N1CCOC(CN(CCCl)C2CCC2)C1. The van der Waals surface area contributed by atoms with Crippen LogP contribution in [0.15, 0.2) is 0 Å². The van der Waals surface area contributed by atoms with Gasteiger partial charge in [-0.15, -0.1) is 11.6 Å². The van der Waals surface area contributed by atoms with E-state index in [9.17, 15) is 0 Å². The Balaban J connectivity index is 1.81. The van der Waals surface area contributed by atoms with Crippen LogP contribution < -0.4 is 0 Å². The fourth-order valence-electron chi connectivity index (χ4n) is 2.87. The van der Waals surface area contributed by atoms with Gasteiger partial charge >= 0.3 is 0 Å². The van der Waals surface area contributed by atoms with E-state index in [2.05, 4.69) is 23.6 Å². The molecule has 0 spiro atoms. The van der Waals surface area contributed by atoms with Crippen LogP contribution in [0.1, 0.15) is 33.1 Å². The van der Waals surface area contributed by atoms with Gasteiger partial charge in [-0.1, -0.05) is 6.42 Å². The number of ether oxygens (including phenoxy) is 1. The molecule has 1 saturated carbocycles. The van der Waals surface area contributed by atoms with Gasteiger partial charge in [-0.2, -0.15) is 0 Å². The number of hydrogen-bond donors (Lipinski definition) is 0.